The SMILES string of the molecule is CCOCC(C)OC(C)CC(C)NC. The second kappa shape index (κ2) is 8.21. The summed E-state index contributed by atoms with van der Waals surface area (Å²) in [6.07, 6.45) is 1.51. The van der Waals surface area contributed by atoms with Gasteiger partial charge in [0.2, 0.25) is 0 Å². The molecule has 86 valence electrons. The van der Waals surface area contributed by atoms with Gasteiger partial charge in [-0.1, -0.05) is 0 Å². The third kappa shape index (κ3) is 7.30. The fraction of sp³-hybridized carbons (Fsp3) is 1.00. The monoisotopic (exact) mass is 203 g/mol. The van der Waals surface area contributed by atoms with Crippen molar-refractivity contribution < 1.29 is 9.47 Å². The molecule has 0 aromatic heterocycles. The lowest BCUT2D eigenvalue weighted by Gasteiger charge is -2.21. The van der Waals surface area contributed by atoms with E-state index in [0.717, 1.165) is 13.0 Å². The van der Waals surface area contributed by atoms with Crippen molar-refractivity contribution >= 4 is 0 Å². The molecular weight excluding hydrogens is 178 g/mol. The Bertz CT molecular complexity index is 130. The molecule has 0 aliphatic heterocycles. The molecule has 3 unspecified atom stereocenters. The molecule has 0 amide bonds. The minimum absolute atomic E-state index is 0.189. The van der Waals surface area contributed by atoms with Crippen LogP contribution in [0.15, 0.2) is 0 Å². The Balaban J connectivity index is 3.54. The van der Waals surface area contributed by atoms with Crippen molar-refractivity contribution in [2.24, 2.45) is 0 Å². The van der Waals surface area contributed by atoms with Gasteiger partial charge in [0.05, 0.1) is 18.8 Å². The van der Waals surface area contributed by atoms with E-state index >= 15 is 0 Å². The number of nitrogens with one attached hydrogen (secondary N) is 1. The zero-order valence-electron chi connectivity index (χ0n) is 10.2. The van der Waals surface area contributed by atoms with Crippen molar-refractivity contribution in [1.82, 2.24) is 5.32 Å². The van der Waals surface area contributed by atoms with Gasteiger partial charge in [0.15, 0.2) is 0 Å². The van der Waals surface area contributed by atoms with Gasteiger partial charge in [0.1, 0.15) is 0 Å². The lowest BCUT2D eigenvalue weighted by Crippen LogP contribution is -2.29. The molecule has 0 aliphatic rings. The molecule has 0 heterocycles. The number of hydrogen-bond acceptors (Lipinski definition) is 3. The van der Waals surface area contributed by atoms with Gasteiger partial charge in [-0.25, -0.2) is 0 Å². The van der Waals surface area contributed by atoms with Gasteiger partial charge in [-0.05, 0) is 41.2 Å². The highest BCUT2D eigenvalue weighted by atomic mass is 16.5. The van der Waals surface area contributed by atoms with E-state index in [0.29, 0.717) is 12.6 Å². The largest absolute Gasteiger partial charge is 0.379 e. The normalized spacial score (nSPS) is 17.8. The maximum atomic E-state index is 5.76. The van der Waals surface area contributed by atoms with Crippen molar-refractivity contribution in [2.45, 2.75) is 52.4 Å². The van der Waals surface area contributed by atoms with Crippen molar-refractivity contribution in [3.8, 4) is 0 Å². The van der Waals surface area contributed by atoms with E-state index in [1.165, 1.54) is 0 Å². The molecule has 14 heavy (non-hydrogen) atoms. The van der Waals surface area contributed by atoms with Crippen LogP contribution < -0.4 is 5.32 Å². The van der Waals surface area contributed by atoms with Crippen LogP contribution in [0.2, 0.25) is 0 Å². The van der Waals surface area contributed by atoms with E-state index in [4.69, 9.17) is 9.47 Å². The maximum Gasteiger partial charge on any atom is 0.0784 e. The summed E-state index contributed by atoms with van der Waals surface area (Å²) in [7, 11) is 1.97. The van der Waals surface area contributed by atoms with Crippen molar-refractivity contribution in [2.75, 3.05) is 20.3 Å². The summed E-state index contributed by atoms with van der Waals surface area (Å²) >= 11 is 0. The van der Waals surface area contributed by atoms with Gasteiger partial charge >= 0.3 is 0 Å². The topological polar surface area (TPSA) is 30.5 Å². The first-order valence-corrected chi connectivity index (χ1v) is 5.50. The smallest absolute Gasteiger partial charge is 0.0784 e. The van der Waals surface area contributed by atoms with E-state index in [1.807, 2.05) is 14.0 Å². The molecule has 0 bridgehead atoms. The summed E-state index contributed by atoms with van der Waals surface area (Å²) in [6, 6.07) is 0.504. The van der Waals surface area contributed by atoms with Crippen LogP contribution in [0.5, 0.6) is 0 Å². The summed E-state index contributed by atoms with van der Waals surface area (Å²) in [5.41, 5.74) is 0. The van der Waals surface area contributed by atoms with Gasteiger partial charge in [0.25, 0.3) is 0 Å². The Kier molecular flexibility index (Phi) is 8.14. The van der Waals surface area contributed by atoms with Gasteiger partial charge < -0.3 is 14.8 Å². The highest BCUT2D eigenvalue weighted by Gasteiger charge is 2.11. The third-order valence-electron chi connectivity index (χ3n) is 2.20. The summed E-state index contributed by atoms with van der Waals surface area (Å²) in [5.74, 6) is 0. The van der Waals surface area contributed by atoms with E-state index in [9.17, 15) is 0 Å². The van der Waals surface area contributed by atoms with Crippen molar-refractivity contribution in [3.05, 3.63) is 0 Å². The standard InChI is InChI=1S/C11H25NO2/c1-6-13-8-11(4)14-10(3)7-9(2)12-5/h9-12H,6-8H2,1-5H3. The second-order valence-corrected chi connectivity index (χ2v) is 3.84. The van der Waals surface area contributed by atoms with Crippen LogP contribution in [0.4, 0.5) is 0 Å². The fourth-order valence-electron chi connectivity index (χ4n) is 1.39. The minimum Gasteiger partial charge on any atom is -0.379 e. The Morgan fingerprint density at radius 2 is 1.79 bits per heavy atom. The minimum atomic E-state index is 0.189. The molecule has 0 aromatic carbocycles. The molecule has 3 atom stereocenters. The summed E-state index contributed by atoms with van der Waals surface area (Å²) in [5, 5.41) is 3.20. The van der Waals surface area contributed by atoms with Crippen molar-refractivity contribution in [3.63, 3.8) is 0 Å². The van der Waals surface area contributed by atoms with E-state index < -0.39 is 0 Å². The second-order valence-electron chi connectivity index (χ2n) is 3.84. The average Bonchev–Trinajstić information content (AvgIpc) is 2.14. The first kappa shape index (κ1) is 13.9. The lowest BCUT2D eigenvalue weighted by atomic mass is 10.1. The highest BCUT2D eigenvalue weighted by Crippen LogP contribution is 2.05. The molecule has 0 radical (unpaired) electrons. The van der Waals surface area contributed by atoms with Crippen LogP contribution in [0.3, 0.4) is 0 Å². The number of rotatable bonds is 8. The van der Waals surface area contributed by atoms with Gasteiger partial charge in [-0.15, -0.1) is 0 Å². The molecule has 0 saturated heterocycles. The first-order valence-electron chi connectivity index (χ1n) is 5.50. The molecule has 3 nitrogen and oxygen atoms in total. The molecule has 0 fully saturated rings. The molecular formula is C11H25NO2. The van der Waals surface area contributed by atoms with E-state index in [-0.39, 0.29) is 12.2 Å². The Hall–Kier alpha value is -0.120. The molecule has 0 aromatic rings. The van der Waals surface area contributed by atoms with E-state index in [2.05, 4.69) is 26.1 Å². The predicted molar refractivity (Wildman–Crippen MR) is 59.6 cm³/mol. The van der Waals surface area contributed by atoms with Crippen LogP contribution in [-0.2, 0) is 9.47 Å². The Morgan fingerprint density at radius 1 is 1.14 bits per heavy atom. The summed E-state index contributed by atoms with van der Waals surface area (Å²) in [4.78, 5) is 0. The number of ether oxygens (including phenoxy) is 2. The van der Waals surface area contributed by atoms with Gasteiger partial charge in [-0.3, -0.25) is 0 Å². The fourth-order valence-corrected chi connectivity index (χ4v) is 1.39. The average molecular weight is 203 g/mol. The molecule has 0 aliphatic carbocycles. The van der Waals surface area contributed by atoms with Crippen molar-refractivity contribution in [1.29, 1.82) is 0 Å². The highest BCUT2D eigenvalue weighted by molar-refractivity contribution is 4.63. The summed E-state index contributed by atoms with van der Waals surface area (Å²) < 4.78 is 11.0. The zero-order chi connectivity index (χ0) is 11.0. The van der Waals surface area contributed by atoms with E-state index in [1.54, 1.807) is 0 Å². The van der Waals surface area contributed by atoms with Crippen LogP contribution in [0.1, 0.15) is 34.1 Å². The molecule has 0 spiro atoms. The molecule has 3 heteroatoms. The first-order chi connectivity index (χ1) is 6.60. The van der Waals surface area contributed by atoms with Gasteiger partial charge in [0, 0.05) is 12.6 Å². The predicted octanol–water partition coefficient (Wildman–Crippen LogP) is 1.81. The Labute approximate surface area is 88.2 Å². The molecule has 0 saturated carbocycles. The van der Waals surface area contributed by atoms with Crippen LogP contribution >= 0.6 is 0 Å². The zero-order valence-corrected chi connectivity index (χ0v) is 10.2. The van der Waals surface area contributed by atoms with Crippen LogP contribution in [-0.4, -0.2) is 38.5 Å². The molecule has 1 N–H and O–H groups in total. The lowest BCUT2D eigenvalue weighted by molar-refractivity contribution is -0.0440. The Morgan fingerprint density at radius 3 is 2.29 bits per heavy atom. The third-order valence-corrected chi connectivity index (χ3v) is 2.20. The van der Waals surface area contributed by atoms with Crippen LogP contribution in [0.25, 0.3) is 0 Å². The van der Waals surface area contributed by atoms with Gasteiger partial charge in [-0.2, -0.15) is 0 Å². The number of hydrogen-bond donors (Lipinski definition) is 1. The quantitative estimate of drug-likeness (QED) is 0.652. The van der Waals surface area contributed by atoms with Crippen LogP contribution in [0, 0.1) is 0 Å². The summed E-state index contributed by atoms with van der Waals surface area (Å²) in [6.45, 7) is 9.77. The maximum absolute atomic E-state index is 5.76. The molecule has 0 rings (SSSR count).